The summed E-state index contributed by atoms with van der Waals surface area (Å²) >= 11 is 0. The molecule has 1 aliphatic rings. The van der Waals surface area contributed by atoms with Crippen LogP contribution in [0.2, 0.25) is 0 Å². The Labute approximate surface area is 141 Å². The van der Waals surface area contributed by atoms with E-state index in [4.69, 9.17) is 13.9 Å². The SMILES string of the molecule is O=c1c(O)c(C2=COC(Cc3ccccc3)O2)oc2ccc(F)cc12. The zero-order valence-electron chi connectivity index (χ0n) is 12.9. The van der Waals surface area contributed by atoms with E-state index in [-0.39, 0.29) is 22.5 Å². The molecule has 126 valence electrons. The molecule has 2 heterocycles. The molecular formula is C19H13FO5. The summed E-state index contributed by atoms with van der Waals surface area (Å²) in [7, 11) is 0. The monoisotopic (exact) mass is 340 g/mol. The van der Waals surface area contributed by atoms with Crippen molar-refractivity contribution in [1.29, 1.82) is 0 Å². The van der Waals surface area contributed by atoms with Crippen molar-refractivity contribution in [2.45, 2.75) is 12.7 Å². The Hall–Kier alpha value is -3.28. The van der Waals surface area contributed by atoms with Crippen molar-refractivity contribution in [2.24, 2.45) is 0 Å². The van der Waals surface area contributed by atoms with Crippen molar-refractivity contribution in [3.8, 4) is 5.75 Å². The van der Waals surface area contributed by atoms with E-state index >= 15 is 0 Å². The maximum atomic E-state index is 13.3. The first-order chi connectivity index (χ1) is 12.1. The molecule has 0 spiro atoms. The quantitative estimate of drug-likeness (QED) is 0.790. The van der Waals surface area contributed by atoms with Crippen molar-refractivity contribution in [1.82, 2.24) is 0 Å². The van der Waals surface area contributed by atoms with Gasteiger partial charge in [-0.05, 0) is 23.8 Å². The molecule has 0 bridgehead atoms. The highest BCUT2D eigenvalue weighted by atomic mass is 19.1. The van der Waals surface area contributed by atoms with Gasteiger partial charge < -0.3 is 19.0 Å². The molecule has 1 unspecified atom stereocenters. The molecule has 4 rings (SSSR count). The summed E-state index contributed by atoms with van der Waals surface area (Å²) in [6, 6.07) is 13.1. The Morgan fingerprint density at radius 2 is 1.92 bits per heavy atom. The van der Waals surface area contributed by atoms with Crippen LogP contribution in [-0.4, -0.2) is 11.4 Å². The first-order valence-electron chi connectivity index (χ1n) is 7.64. The summed E-state index contributed by atoms with van der Waals surface area (Å²) in [5.41, 5.74) is 0.434. The summed E-state index contributed by atoms with van der Waals surface area (Å²) in [6.07, 6.45) is 1.19. The maximum absolute atomic E-state index is 13.3. The Balaban J connectivity index is 1.63. The predicted molar refractivity (Wildman–Crippen MR) is 88.2 cm³/mol. The lowest BCUT2D eigenvalue weighted by Crippen LogP contribution is -2.12. The normalized spacial score (nSPS) is 16.4. The molecule has 1 aromatic heterocycles. The predicted octanol–water partition coefficient (Wildman–Crippen LogP) is 3.55. The van der Waals surface area contributed by atoms with E-state index in [0.717, 1.165) is 11.6 Å². The van der Waals surface area contributed by atoms with Gasteiger partial charge in [0.05, 0.1) is 5.39 Å². The summed E-state index contributed by atoms with van der Waals surface area (Å²) in [6.45, 7) is 0. The number of hydrogen-bond donors (Lipinski definition) is 1. The molecule has 1 N–H and O–H groups in total. The lowest BCUT2D eigenvalue weighted by molar-refractivity contribution is -0.0145. The van der Waals surface area contributed by atoms with Gasteiger partial charge in [-0.2, -0.15) is 0 Å². The average molecular weight is 340 g/mol. The molecule has 2 aromatic carbocycles. The van der Waals surface area contributed by atoms with Gasteiger partial charge in [0, 0.05) is 6.42 Å². The molecule has 0 saturated carbocycles. The van der Waals surface area contributed by atoms with Crippen molar-refractivity contribution < 1.29 is 23.4 Å². The summed E-state index contributed by atoms with van der Waals surface area (Å²) < 4.78 is 29.9. The van der Waals surface area contributed by atoms with Crippen LogP contribution in [0.1, 0.15) is 11.3 Å². The zero-order valence-corrected chi connectivity index (χ0v) is 12.9. The molecule has 0 radical (unpaired) electrons. The van der Waals surface area contributed by atoms with Gasteiger partial charge in [-0.1, -0.05) is 30.3 Å². The van der Waals surface area contributed by atoms with Gasteiger partial charge in [-0.3, -0.25) is 4.79 Å². The third-order valence-electron chi connectivity index (χ3n) is 3.88. The zero-order chi connectivity index (χ0) is 17.4. The number of halogens is 1. The topological polar surface area (TPSA) is 68.9 Å². The van der Waals surface area contributed by atoms with Gasteiger partial charge in [-0.15, -0.1) is 0 Å². The fourth-order valence-corrected chi connectivity index (χ4v) is 2.66. The summed E-state index contributed by atoms with van der Waals surface area (Å²) in [5, 5.41) is 10.1. The largest absolute Gasteiger partial charge is 0.501 e. The summed E-state index contributed by atoms with van der Waals surface area (Å²) in [4.78, 5) is 12.2. The number of rotatable bonds is 3. The van der Waals surface area contributed by atoms with E-state index in [2.05, 4.69) is 0 Å². The van der Waals surface area contributed by atoms with Crippen molar-refractivity contribution in [3.05, 3.63) is 82.2 Å². The molecule has 25 heavy (non-hydrogen) atoms. The van der Waals surface area contributed by atoms with Gasteiger partial charge in [0.2, 0.25) is 29.0 Å². The first kappa shape index (κ1) is 15.3. The van der Waals surface area contributed by atoms with Crippen molar-refractivity contribution in [2.75, 3.05) is 0 Å². The van der Waals surface area contributed by atoms with E-state index < -0.39 is 23.3 Å². The number of fused-ring (bicyclic) bond motifs is 1. The molecule has 1 aliphatic heterocycles. The minimum atomic E-state index is -0.730. The second-order valence-corrected chi connectivity index (χ2v) is 5.60. The Bertz CT molecular complexity index is 1020. The van der Waals surface area contributed by atoms with Crippen LogP contribution in [0.4, 0.5) is 4.39 Å². The van der Waals surface area contributed by atoms with Gasteiger partial charge in [0.25, 0.3) is 0 Å². The highest BCUT2D eigenvalue weighted by Crippen LogP contribution is 2.32. The van der Waals surface area contributed by atoms with E-state index in [1.165, 1.54) is 18.4 Å². The highest BCUT2D eigenvalue weighted by Gasteiger charge is 2.27. The van der Waals surface area contributed by atoms with Crippen LogP contribution in [0.5, 0.6) is 5.75 Å². The minimum Gasteiger partial charge on any atom is -0.501 e. The van der Waals surface area contributed by atoms with Crippen molar-refractivity contribution in [3.63, 3.8) is 0 Å². The van der Waals surface area contributed by atoms with Crippen LogP contribution in [0.3, 0.4) is 0 Å². The Kier molecular flexibility index (Phi) is 3.65. The van der Waals surface area contributed by atoms with Crippen LogP contribution in [0.15, 0.2) is 64.0 Å². The fraction of sp³-hybridized carbons (Fsp3) is 0.105. The smallest absolute Gasteiger partial charge is 0.244 e. The third kappa shape index (κ3) is 2.82. The molecule has 0 amide bonds. The number of hydrogen-bond acceptors (Lipinski definition) is 5. The Morgan fingerprint density at radius 1 is 1.12 bits per heavy atom. The molecule has 6 heteroatoms. The second kappa shape index (κ2) is 5.98. The van der Waals surface area contributed by atoms with Crippen LogP contribution < -0.4 is 5.43 Å². The van der Waals surface area contributed by atoms with E-state index in [9.17, 15) is 14.3 Å². The molecule has 0 saturated heterocycles. The van der Waals surface area contributed by atoms with Gasteiger partial charge in [0.1, 0.15) is 17.7 Å². The number of benzene rings is 2. The van der Waals surface area contributed by atoms with Crippen molar-refractivity contribution >= 4 is 16.7 Å². The molecule has 1 atom stereocenters. The lowest BCUT2D eigenvalue weighted by atomic mass is 10.1. The van der Waals surface area contributed by atoms with Gasteiger partial charge >= 0.3 is 0 Å². The van der Waals surface area contributed by atoms with Gasteiger partial charge in [0.15, 0.2) is 0 Å². The molecular weight excluding hydrogens is 327 g/mol. The molecule has 0 aliphatic carbocycles. The third-order valence-corrected chi connectivity index (χ3v) is 3.88. The second-order valence-electron chi connectivity index (χ2n) is 5.60. The molecule has 3 aromatic rings. The Morgan fingerprint density at radius 3 is 2.72 bits per heavy atom. The molecule has 0 fully saturated rings. The molecule has 5 nitrogen and oxygen atoms in total. The average Bonchev–Trinajstić information content (AvgIpc) is 3.07. The van der Waals surface area contributed by atoms with Gasteiger partial charge in [-0.25, -0.2) is 4.39 Å². The lowest BCUT2D eigenvalue weighted by Gasteiger charge is -2.12. The van der Waals surface area contributed by atoms with E-state index in [0.29, 0.717) is 6.42 Å². The number of ether oxygens (including phenoxy) is 2. The minimum absolute atomic E-state index is 0.0402. The highest BCUT2D eigenvalue weighted by molar-refractivity contribution is 5.80. The van der Waals surface area contributed by atoms with E-state index in [1.807, 2.05) is 30.3 Å². The van der Waals surface area contributed by atoms with Crippen LogP contribution >= 0.6 is 0 Å². The van der Waals surface area contributed by atoms with Crippen LogP contribution in [0, 0.1) is 5.82 Å². The summed E-state index contributed by atoms with van der Waals surface area (Å²) in [5.74, 6) is -1.26. The van der Waals surface area contributed by atoms with Crippen LogP contribution in [-0.2, 0) is 15.9 Å². The first-order valence-corrected chi connectivity index (χ1v) is 7.64. The standard InChI is InChI=1S/C19H13FO5/c20-12-6-7-14-13(9-12)17(21)18(22)19(25-14)15-10-23-16(24-15)8-11-4-2-1-3-5-11/h1-7,9-10,16,22H,8H2. The van der Waals surface area contributed by atoms with E-state index in [1.54, 1.807) is 0 Å². The fourth-order valence-electron chi connectivity index (χ4n) is 2.66. The number of aromatic hydroxyl groups is 1. The van der Waals surface area contributed by atoms with Crippen LogP contribution in [0.25, 0.3) is 16.7 Å². The maximum Gasteiger partial charge on any atom is 0.244 e.